The highest BCUT2D eigenvalue weighted by molar-refractivity contribution is 8.24. The summed E-state index contributed by atoms with van der Waals surface area (Å²) in [5.41, 5.74) is 0. The van der Waals surface area contributed by atoms with E-state index in [1.165, 1.54) is 0 Å². The van der Waals surface area contributed by atoms with Gasteiger partial charge in [-0.25, -0.2) is 0 Å². The normalized spacial score (nSPS) is 25.4. The summed E-state index contributed by atoms with van der Waals surface area (Å²) in [5.74, 6) is 0. The lowest BCUT2D eigenvalue weighted by Gasteiger charge is -2.89. The Bertz CT molecular complexity index is 940. The Hall–Kier alpha value is 1.74. The topological polar surface area (TPSA) is 0 Å². The zero-order chi connectivity index (χ0) is 36.2. The van der Waals surface area contributed by atoms with Gasteiger partial charge < -0.3 is 0 Å². The fourth-order valence-corrected chi connectivity index (χ4v) is 466. The summed E-state index contributed by atoms with van der Waals surface area (Å²) in [6.07, 6.45) is 0. The van der Waals surface area contributed by atoms with Crippen molar-refractivity contribution in [3.8, 4) is 0 Å². The summed E-state index contributed by atoms with van der Waals surface area (Å²) >= 11 is 0. The number of hydrogen-bond donors (Lipinski definition) is 0. The molecule has 2 rings (SSSR count). The fraction of sp³-hybridized carbons (Fsp3) is 1.00. The summed E-state index contributed by atoms with van der Waals surface area (Å²) in [6, 6.07) is 0. The zero-order valence-corrected chi connectivity index (χ0v) is 44.0. The average Bonchev–Trinajstić information content (AvgIpc) is 2.54. The molecule has 0 aromatic rings. The Morgan fingerprint density at radius 2 is 0.318 bits per heavy atom. The molecule has 8 heteroatoms. The van der Waals surface area contributed by atoms with E-state index in [4.69, 9.17) is 0 Å². The van der Waals surface area contributed by atoms with Crippen molar-refractivity contribution in [1.82, 2.24) is 0 Å². The third-order valence-electron chi connectivity index (χ3n) is 14.5. The standard InChI is InChI=1S/C36H84Si8/c1-29(2,3)41(30(4,5)6)37(42(31(7,8)9,32(10,11)12)39(41,25)26)38-43(33(13,14)15,34(16,17)18)40(27,28)44(38,35(19,20)21)36(22,23)24/h1-28H3. The first-order chi connectivity index (χ1) is 18.5. The summed E-state index contributed by atoms with van der Waals surface area (Å²) in [4.78, 5) is 0. The van der Waals surface area contributed by atoms with E-state index in [0.29, 0.717) is 40.3 Å². The molecular weight excluding hydrogens is 657 g/mol. The highest BCUT2D eigenvalue weighted by Gasteiger charge is 2.93. The summed E-state index contributed by atoms with van der Waals surface area (Å²) in [7, 11) is -10.5. The van der Waals surface area contributed by atoms with Gasteiger partial charge in [0.05, 0.1) is 28.4 Å². The van der Waals surface area contributed by atoms with Gasteiger partial charge in [0.1, 0.15) is 0 Å². The lowest BCUT2D eigenvalue weighted by atomic mass is 10.2. The molecule has 0 bridgehead atoms. The molecule has 0 aliphatic carbocycles. The van der Waals surface area contributed by atoms with Crippen LogP contribution < -0.4 is 0 Å². The molecule has 0 aromatic carbocycles. The molecule has 0 unspecified atom stereocenters. The molecule has 0 radical (unpaired) electrons. The van der Waals surface area contributed by atoms with E-state index in [1.54, 1.807) is 0 Å². The largest absolute Gasteiger partial charge is 0.0730 e. The first-order valence-corrected chi connectivity index (χ1v) is 44.2. The third kappa shape index (κ3) is 4.21. The molecule has 0 saturated carbocycles. The lowest BCUT2D eigenvalue weighted by Crippen LogP contribution is -3.12. The van der Waals surface area contributed by atoms with Crippen molar-refractivity contribution in [3.63, 3.8) is 0 Å². The van der Waals surface area contributed by atoms with Crippen LogP contribution in [0.2, 0.25) is 66.5 Å². The molecular formula is C36H84Si8. The molecule has 260 valence electrons. The molecule has 2 saturated heterocycles. The average molecular weight is 742 g/mol. The molecule has 2 heterocycles. The maximum absolute atomic E-state index is 3.07. The molecule has 0 spiro atoms. The van der Waals surface area contributed by atoms with Crippen molar-refractivity contribution < 1.29 is 0 Å². The maximum atomic E-state index is 3.07. The minimum atomic E-state index is -1.81. The van der Waals surface area contributed by atoms with E-state index in [0.717, 1.165) is 0 Å². The Morgan fingerprint density at radius 3 is 0.386 bits per heavy atom. The first kappa shape index (κ1) is 41.9. The van der Waals surface area contributed by atoms with Crippen LogP contribution in [0.5, 0.6) is 0 Å². The summed E-state index contributed by atoms with van der Waals surface area (Å²) in [5, 5.41) is 3.72. The Kier molecular flexibility index (Phi) is 9.68. The van der Waals surface area contributed by atoms with Gasteiger partial charge in [-0.1, -0.05) is 192 Å². The minimum absolute atomic E-state index is 0.465. The van der Waals surface area contributed by atoms with Crippen LogP contribution in [-0.2, 0) is 0 Å². The smallest absolute Gasteiger partial charge is 0.0583 e. The molecule has 2 aliphatic rings. The second-order valence-electron chi connectivity index (χ2n) is 25.0. The van der Waals surface area contributed by atoms with E-state index in [9.17, 15) is 0 Å². The van der Waals surface area contributed by atoms with Crippen molar-refractivity contribution in [2.24, 2.45) is 0 Å². The molecule has 2 fully saturated rings. The monoisotopic (exact) mass is 740 g/mol. The summed E-state index contributed by atoms with van der Waals surface area (Å²) < 4.78 is 0. The van der Waals surface area contributed by atoms with Crippen molar-refractivity contribution in [1.29, 1.82) is 0 Å². The van der Waals surface area contributed by atoms with E-state index in [-0.39, 0.29) is 0 Å². The van der Waals surface area contributed by atoms with Crippen LogP contribution >= 0.6 is 0 Å². The SMILES string of the molecule is CC(C)(C)[Si]1(C(C)(C)C)[Si](=[Si]2[Si](C(C)(C)C)(C(C)(C)C)[Si](C)(C)[Si]2(C(C)(C)C)C(C)(C)C)[Si](C(C)(C)C)(C(C)(C)C)[Si]1(C)C. The van der Waals surface area contributed by atoms with Gasteiger partial charge in [-0.3, -0.25) is 0 Å². The molecule has 2 aliphatic heterocycles. The Balaban J connectivity index is 3.95. The highest BCUT2D eigenvalue weighted by Crippen LogP contribution is 2.78. The van der Waals surface area contributed by atoms with Crippen LogP contribution in [0.25, 0.3) is 0 Å². The van der Waals surface area contributed by atoms with Crippen molar-refractivity contribution in [3.05, 3.63) is 0 Å². The zero-order valence-electron chi connectivity index (χ0n) is 36.0. The number of hydrogen-bond acceptors (Lipinski definition) is 0. The molecule has 0 nitrogen and oxygen atoms in total. The maximum Gasteiger partial charge on any atom is 0.0583 e. The predicted octanol–water partition coefficient (Wildman–Crippen LogP) is 13.3. The van der Waals surface area contributed by atoms with Crippen LogP contribution in [0, 0.1) is 0 Å². The minimum Gasteiger partial charge on any atom is -0.0730 e. The van der Waals surface area contributed by atoms with E-state index >= 15 is 0 Å². The van der Waals surface area contributed by atoms with Gasteiger partial charge in [-0.05, 0) is 54.2 Å². The van der Waals surface area contributed by atoms with Gasteiger partial charge in [0, 0.05) is 14.2 Å². The quantitative estimate of drug-likeness (QED) is 0.217. The van der Waals surface area contributed by atoms with Crippen LogP contribution in [-0.4, -0.2) is 56.5 Å². The van der Waals surface area contributed by atoms with Gasteiger partial charge >= 0.3 is 0 Å². The molecule has 0 atom stereocenters. The Labute approximate surface area is 287 Å². The molecule has 0 N–H and O–H groups in total. The van der Waals surface area contributed by atoms with Gasteiger partial charge in [0.15, 0.2) is 0 Å². The van der Waals surface area contributed by atoms with Crippen LogP contribution in [0.15, 0.2) is 0 Å². The van der Waals surface area contributed by atoms with Crippen molar-refractivity contribution in [2.45, 2.75) is 233 Å². The highest BCUT2D eigenvalue weighted by atomic mass is 30.4. The van der Waals surface area contributed by atoms with Gasteiger partial charge in [0.2, 0.25) is 0 Å². The van der Waals surface area contributed by atoms with Crippen LogP contribution in [0.4, 0.5) is 0 Å². The number of rotatable bonds is 0. The molecule has 44 heavy (non-hydrogen) atoms. The van der Waals surface area contributed by atoms with E-state index in [2.05, 4.69) is 192 Å². The van der Waals surface area contributed by atoms with Crippen LogP contribution in [0.1, 0.15) is 166 Å². The molecule has 0 amide bonds. The van der Waals surface area contributed by atoms with Crippen LogP contribution in [0.3, 0.4) is 0 Å². The van der Waals surface area contributed by atoms with Crippen molar-refractivity contribution in [2.75, 3.05) is 0 Å². The van der Waals surface area contributed by atoms with E-state index < -0.39 is 56.5 Å². The molecule has 0 aromatic heterocycles. The lowest BCUT2D eigenvalue weighted by molar-refractivity contribution is 0.623. The van der Waals surface area contributed by atoms with Gasteiger partial charge in [-0.2, -0.15) is 0 Å². The fourth-order valence-electron chi connectivity index (χ4n) is 18.0. The van der Waals surface area contributed by atoms with Crippen molar-refractivity contribution >= 4 is 56.5 Å². The first-order valence-electron chi connectivity index (χ1n) is 18.2. The second-order valence-corrected chi connectivity index (χ2v) is 111. The van der Waals surface area contributed by atoms with E-state index in [1.807, 2.05) is 0 Å². The third-order valence-corrected chi connectivity index (χ3v) is 230. The van der Waals surface area contributed by atoms with Gasteiger partial charge in [0.25, 0.3) is 0 Å². The van der Waals surface area contributed by atoms with Gasteiger partial charge in [-0.15, -0.1) is 0 Å². The Morgan fingerprint density at radius 1 is 0.227 bits per heavy atom. The predicted molar refractivity (Wildman–Crippen MR) is 227 cm³/mol. The second kappa shape index (κ2) is 10.2. The summed E-state index contributed by atoms with van der Waals surface area (Å²) in [6.45, 7) is 78.8.